The van der Waals surface area contributed by atoms with E-state index in [-0.39, 0.29) is 5.91 Å². The number of carbonyl (C=O) groups is 1. The molecular weight excluding hydrogens is 408 g/mol. The Hall–Kier alpha value is -3.12. The van der Waals surface area contributed by atoms with Gasteiger partial charge in [0.1, 0.15) is 11.5 Å². The van der Waals surface area contributed by atoms with Crippen LogP contribution < -0.4 is 14.4 Å². The Bertz CT molecular complexity index is 1010. The molecule has 1 aromatic heterocycles. The number of hydrogen-bond acceptors (Lipinski definition) is 5. The molecule has 0 spiro atoms. The summed E-state index contributed by atoms with van der Waals surface area (Å²) in [5.41, 5.74) is 3.03. The first-order chi connectivity index (χ1) is 15.1. The van der Waals surface area contributed by atoms with Gasteiger partial charge >= 0.3 is 0 Å². The zero-order valence-electron chi connectivity index (χ0n) is 18.3. The Kier molecular flexibility index (Phi) is 7.84. The number of benzene rings is 2. The van der Waals surface area contributed by atoms with Crippen LogP contribution in [0.3, 0.4) is 0 Å². The van der Waals surface area contributed by atoms with E-state index in [0.717, 1.165) is 41.2 Å². The van der Waals surface area contributed by atoms with Gasteiger partial charge in [0.05, 0.1) is 19.4 Å². The van der Waals surface area contributed by atoms with E-state index in [1.54, 1.807) is 12.0 Å². The zero-order valence-corrected chi connectivity index (χ0v) is 19.1. The summed E-state index contributed by atoms with van der Waals surface area (Å²) in [5, 5.41) is 2.64. The van der Waals surface area contributed by atoms with Crippen LogP contribution in [0.25, 0.3) is 16.8 Å². The lowest BCUT2D eigenvalue weighted by molar-refractivity contribution is -0.113. The molecule has 0 bridgehead atoms. The van der Waals surface area contributed by atoms with Crippen molar-refractivity contribution in [3.05, 3.63) is 66.1 Å². The quantitative estimate of drug-likeness (QED) is 0.362. The van der Waals surface area contributed by atoms with Crippen LogP contribution in [0.2, 0.25) is 0 Å². The SMILES string of the molecule is C=C(C(=O)N(CCC)c1nc(-c2ccc(OC)cc2)cs1)c1ccc(OCCC)cc1. The van der Waals surface area contributed by atoms with Crippen molar-refractivity contribution in [3.8, 4) is 22.8 Å². The molecule has 0 unspecified atom stereocenters. The molecule has 31 heavy (non-hydrogen) atoms. The molecule has 0 aliphatic carbocycles. The highest BCUT2D eigenvalue weighted by Crippen LogP contribution is 2.30. The Balaban J connectivity index is 1.78. The van der Waals surface area contributed by atoms with Crippen LogP contribution >= 0.6 is 11.3 Å². The van der Waals surface area contributed by atoms with Gasteiger partial charge in [-0.2, -0.15) is 0 Å². The molecule has 0 radical (unpaired) electrons. The minimum Gasteiger partial charge on any atom is -0.497 e. The second-order valence-electron chi connectivity index (χ2n) is 7.05. The number of nitrogens with zero attached hydrogens (tertiary/aromatic N) is 2. The molecule has 162 valence electrons. The van der Waals surface area contributed by atoms with Crippen LogP contribution in [-0.2, 0) is 4.79 Å². The van der Waals surface area contributed by atoms with Crippen molar-refractivity contribution < 1.29 is 14.3 Å². The van der Waals surface area contributed by atoms with Crippen LogP contribution in [0.1, 0.15) is 32.3 Å². The normalized spacial score (nSPS) is 10.5. The van der Waals surface area contributed by atoms with E-state index in [4.69, 9.17) is 14.5 Å². The second-order valence-corrected chi connectivity index (χ2v) is 7.89. The second kappa shape index (κ2) is 10.8. The first kappa shape index (κ1) is 22.6. The predicted octanol–water partition coefficient (Wildman–Crippen LogP) is 6.06. The number of aromatic nitrogens is 1. The van der Waals surface area contributed by atoms with Crippen LogP contribution in [0.4, 0.5) is 5.13 Å². The third kappa shape index (κ3) is 5.52. The average Bonchev–Trinajstić information content (AvgIpc) is 3.30. The molecule has 0 saturated carbocycles. The fourth-order valence-corrected chi connectivity index (χ4v) is 3.91. The van der Waals surface area contributed by atoms with Crippen molar-refractivity contribution in [2.24, 2.45) is 0 Å². The van der Waals surface area contributed by atoms with Crippen molar-refractivity contribution in [2.45, 2.75) is 26.7 Å². The number of anilines is 1. The highest BCUT2D eigenvalue weighted by Gasteiger charge is 2.22. The van der Waals surface area contributed by atoms with Crippen LogP contribution in [-0.4, -0.2) is 31.2 Å². The van der Waals surface area contributed by atoms with Crippen molar-refractivity contribution in [1.82, 2.24) is 4.98 Å². The highest BCUT2D eigenvalue weighted by molar-refractivity contribution is 7.14. The summed E-state index contributed by atoms with van der Waals surface area (Å²) in [7, 11) is 1.64. The van der Waals surface area contributed by atoms with E-state index in [0.29, 0.717) is 23.9 Å². The molecule has 1 heterocycles. The number of amides is 1. The molecule has 1 amide bonds. The number of hydrogen-bond donors (Lipinski definition) is 0. The van der Waals surface area contributed by atoms with Gasteiger partial charge < -0.3 is 9.47 Å². The zero-order chi connectivity index (χ0) is 22.2. The van der Waals surface area contributed by atoms with Gasteiger partial charge in [-0.25, -0.2) is 4.98 Å². The molecule has 0 aliphatic rings. The average molecular weight is 437 g/mol. The van der Waals surface area contributed by atoms with Crippen LogP contribution in [0.5, 0.6) is 11.5 Å². The van der Waals surface area contributed by atoms with Crippen molar-refractivity contribution >= 4 is 27.9 Å². The number of thiazole rings is 1. The largest absolute Gasteiger partial charge is 0.497 e. The van der Waals surface area contributed by atoms with Gasteiger partial charge in [-0.05, 0) is 54.8 Å². The Morgan fingerprint density at radius 2 is 1.71 bits per heavy atom. The predicted molar refractivity (Wildman–Crippen MR) is 128 cm³/mol. The van der Waals surface area contributed by atoms with Gasteiger partial charge in [-0.15, -0.1) is 11.3 Å². The molecule has 3 rings (SSSR count). The lowest BCUT2D eigenvalue weighted by atomic mass is 10.1. The summed E-state index contributed by atoms with van der Waals surface area (Å²) < 4.78 is 10.8. The summed E-state index contributed by atoms with van der Waals surface area (Å²) >= 11 is 1.46. The Labute approximate surface area is 188 Å². The van der Waals surface area contributed by atoms with Gasteiger partial charge in [0, 0.05) is 23.1 Å². The lowest BCUT2D eigenvalue weighted by Gasteiger charge is -2.20. The molecule has 6 heteroatoms. The summed E-state index contributed by atoms with van der Waals surface area (Å²) in [4.78, 5) is 19.7. The number of methoxy groups -OCH3 is 1. The van der Waals surface area contributed by atoms with E-state index >= 15 is 0 Å². The van der Waals surface area contributed by atoms with E-state index < -0.39 is 0 Å². The maximum absolute atomic E-state index is 13.3. The topological polar surface area (TPSA) is 51.7 Å². The van der Waals surface area contributed by atoms with Crippen LogP contribution in [0, 0.1) is 0 Å². The monoisotopic (exact) mass is 436 g/mol. The molecule has 0 atom stereocenters. The lowest BCUT2D eigenvalue weighted by Crippen LogP contribution is -2.32. The summed E-state index contributed by atoms with van der Waals surface area (Å²) in [6.45, 7) is 9.41. The van der Waals surface area contributed by atoms with E-state index in [9.17, 15) is 4.79 Å². The van der Waals surface area contributed by atoms with Crippen molar-refractivity contribution in [1.29, 1.82) is 0 Å². The van der Waals surface area contributed by atoms with Gasteiger partial charge in [-0.1, -0.05) is 32.6 Å². The standard InChI is InChI=1S/C25H28N2O3S/c1-5-15-27(24(28)18(3)19-7-13-22(14-8-19)30-16-6-2)25-26-23(17-31-25)20-9-11-21(29-4)12-10-20/h7-14,17H,3,5-6,15-16H2,1-2,4H3. The summed E-state index contributed by atoms with van der Waals surface area (Å²) in [5.74, 6) is 1.45. The number of ether oxygens (including phenoxy) is 2. The minimum absolute atomic E-state index is 0.139. The molecular formula is C25H28N2O3S. The van der Waals surface area contributed by atoms with E-state index in [1.807, 2.05) is 60.8 Å². The van der Waals surface area contributed by atoms with Crippen LogP contribution in [0.15, 0.2) is 60.5 Å². The Morgan fingerprint density at radius 1 is 1.03 bits per heavy atom. The minimum atomic E-state index is -0.139. The fourth-order valence-electron chi connectivity index (χ4n) is 3.05. The van der Waals surface area contributed by atoms with E-state index in [2.05, 4.69) is 13.5 Å². The Morgan fingerprint density at radius 3 is 2.32 bits per heavy atom. The van der Waals surface area contributed by atoms with Crippen molar-refractivity contribution in [3.63, 3.8) is 0 Å². The van der Waals surface area contributed by atoms with Gasteiger partial charge in [0.15, 0.2) is 5.13 Å². The first-order valence-electron chi connectivity index (χ1n) is 10.4. The number of rotatable bonds is 10. The van der Waals surface area contributed by atoms with Gasteiger partial charge in [0.25, 0.3) is 5.91 Å². The molecule has 0 aliphatic heterocycles. The van der Waals surface area contributed by atoms with Crippen molar-refractivity contribution in [2.75, 3.05) is 25.2 Å². The summed E-state index contributed by atoms with van der Waals surface area (Å²) in [6.07, 6.45) is 1.77. The van der Waals surface area contributed by atoms with E-state index in [1.165, 1.54) is 11.3 Å². The maximum Gasteiger partial charge on any atom is 0.260 e. The molecule has 3 aromatic rings. The highest BCUT2D eigenvalue weighted by atomic mass is 32.1. The summed E-state index contributed by atoms with van der Waals surface area (Å²) in [6, 6.07) is 15.2. The molecule has 0 N–H and O–H groups in total. The van der Waals surface area contributed by atoms with Gasteiger partial charge in [0.2, 0.25) is 0 Å². The smallest absolute Gasteiger partial charge is 0.260 e. The first-order valence-corrected chi connectivity index (χ1v) is 11.3. The molecule has 0 saturated heterocycles. The third-order valence-electron chi connectivity index (χ3n) is 4.73. The molecule has 2 aromatic carbocycles. The third-order valence-corrected chi connectivity index (χ3v) is 5.60. The molecule has 0 fully saturated rings. The fraction of sp³-hybridized carbons (Fsp3) is 0.280. The maximum atomic E-state index is 13.3. The van der Waals surface area contributed by atoms with Gasteiger partial charge in [-0.3, -0.25) is 9.69 Å². The molecule has 5 nitrogen and oxygen atoms in total. The number of carbonyl (C=O) groups excluding carboxylic acids is 1.